The summed E-state index contributed by atoms with van der Waals surface area (Å²) in [6.07, 6.45) is 7.24. The number of aliphatic hydroxyl groups is 1. The summed E-state index contributed by atoms with van der Waals surface area (Å²) >= 11 is 0. The summed E-state index contributed by atoms with van der Waals surface area (Å²) in [4.78, 5) is 2.59. The maximum Gasteiger partial charge on any atom is 0.0608 e. The molecule has 0 aliphatic carbocycles. The minimum atomic E-state index is -0.386. The van der Waals surface area contributed by atoms with E-state index < -0.39 is 0 Å². The first kappa shape index (κ1) is 15.9. The van der Waals surface area contributed by atoms with E-state index in [0.717, 1.165) is 12.8 Å². The molecule has 1 rings (SSSR count). The number of nitrogens with zero attached hydrogens (tertiary/aromatic N) is 1. The minimum absolute atomic E-state index is 0.0889. The molecule has 0 aromatic rings. The van der Waals surface area contributed by atoms with Crippen molar-refractivity contribution in [2.45, 2.75) is 64.8 Å². The van der Waals surface area contributed by atoms with Gasteiger partial charge in [0, 0.05) is 5.54 Å². The molecule has 1 aliphatic rings. The van der Waals surface area contributed by atoms with Gasteiger partial charge in [-0.05, 0) is 57.7 Å². The van der Waals surface area contributed by atoms with Gasteiger partial charge in [-0.1, -0.05) is 26.7 Å². The van der Waals surface area contributed by atoms with Crippen LogP contribution in [0.2, 0.25) is 0 Å². The molecule has 3 heteroatoms. The normalized spacial score (nSPS) is 23.8. The highest BCUT2D eigenvalue weighted by Gasteiger charge is 2.27. The van der Waals surface area contributed by atoms with E-state index in [0.29, 0.717) is 5.41 Å². The third kappa shape index (κ3) is 5.25. The molecule has 0 radical (unpaired) electrons. The van der Waals surface area contributed by atoms with Crippen LogP contribution in [-0.2, 0) is 0 Å². The zero-order valence-electron chi connectivity index (χ0n) is 12.5. The molecule has 1 fully saturated rings. The van der Waals surface area contributed by atoms with E-state index in [1.807, 2.05) is 6.92 Å². The van der Waals surface area contributed by atoms with Gasteiger partial charge in [0.05, 0.1) is 6.61 Å². The van der Waals surface area contributed by atoms with Gasteiger partial charge in [0.15, 0.2) is 0 Å². The van der Waals surface area contributed by atoms with E-state index in [-0.39, 0.29) is 12.1 Å². The van der Waals surface area contributed by atoms with Crippen LogP contribution >= 0.6 is 0 Å². The Labute approximate surface area is 113 Å². The molecule has 0 amide bonds. The quantitative estimate of drug-likeness (QED) is 0.688. The van der Waals surface area contributed by atoms with E-state index in [1.54, 1.807) is 0 Å². The fraction of sp³-hybridized carbons (Fsp3) is 1.00. The molecular weight excluding hydrogens is 224 g/mol. The van der Waals surface area contributed by atoms with Gasteiger partial charge in [-0.25, -0.2) is 0 Å². The number of piperidine rings is 1. The van der Waals surface area contributed by atoms with E-state index in [4.69, 9.17) is 10.8 Å². The molecule has 0 spiro atoms. The standard InChI is InChI=1S/C15H32N2O/c1-4-14(2)8-11-17(12-9-14)10-6-5-7-15(3,16)13-18/h18H,4-13,16H2,1-3H3. The largest absolute Gasteiger partial charge is 0.394 e. The third-order valence-electron chi connectivity index (χ3n) is 4.75. The Morgan fingerprint density at radius 1 is 1.28 bits per heavy atom. The molecule has 108 valence electrons. The fourth-order valence-corrected chi connectivity index (χ4v) is 2.61. The predicted molar refractivity (Wildman–Crippen MR) is 77.6 cm³/mol. The van der Waals surface area contributed by atoms with Gasteiger partial charge in [0.1, 0.15) is 0 Å². The van der Waals surface area contributed by atoms with Gasteiger partial charge in [0.25, 0.3) is 0 Å². The number of unbranched alkanes of at least 4 members (excludes halogenated alkanes) is 1. The number of nitrogens with two attached hydrogens (primary N) is 1. The summed E-state index contributed by atoms with van der Waals surface area (Å²) in [5.41, 5.74) is 6.13. The van der Waals surface area contributed by atoms with Crippen LogP contribution < -0.4 is 5.73 Å². The smallest absolute Gasteiger partial charge is 0.0608 e. The average Bonchev–Trinajstić information content (AvgIpc) is 2.37. The molecule has 1 heterocycles. The van der Waals surface area contributed by atoms with E-state index in [9.17, 15) is 0 Å². The topological polar surface area (TPSA) is 49.5 Å². The van der Waals surface area contributed by atoms with Gasteiger partial charge in [-0.3, -0.25) is 0 Å². The Bertz CT molecular complexity index is 233. The lowest BCUT2D eigenvalue weighted by Crippen LogP contribution is -2.41. The number of likely N-dealkylation sites (tertiary alicyclic amines) is 1. The Kier molecular flexibility index (Phi) is 6.09. The van der Waals surface area contributed by atoms with Gasteiger partial charge >= 0.3 is 0 Å². The lowest BCUT2D eigenvalue weighted by molar-refractivity contribution is 0.112. The number of hydrogen-bond acceptors (Lipinski definition) is 3. The first-order chi connectivity index (χ1) is 8.41. The van der Waals surface area contributed by atoms with Gasteiger partial charge in [0.2, 0.25) is 0 Å². The molecule has 3 N–H and O–H groups in total. The molecule has 1 atom stereocenters. The zero-order chi connectivity index (χ0) is 13.6. The van der Waals surface area contributed by atoms with Gasteiger partial charge in [-0.2, -0.15) is 0 Å². The van der Waals surface area contributed by atoms with Crippen LogP contribution in [0.25, 0.3) is 0 Å². The van der Waals surface area contributed by atoms with E-state index in [1.165, 1.54) is 45.3 Å². The van der Waals surface area contributed by atoms with Crippen molar-refractivity contribution in [2.75, 3.05) is 26.2 Å². The summed E-state index contributed by atoms with van der Waals surface area (Å²) in [7, 11) is 0. The lowest BCUT2D eigenvalue weighted by Gasteiger charge is -2.39. The highest BCUT2D eigenvalue weighted by Crippen LogP contribution is 2.33. The summed E-state index contributed by atoms with van der Waals surface area (Å²) in [5, 5.41) is 9.09. The molecule has 1 aliphatic heterocycles. The summed E-state index contributed by atoms with van der Waals surface area (Å²) in [6.45, 7) is 10.5. The number of rotatable bonds is 7. The molecule has 1 saturated heterocycles. The molecule has 1 unspecified atom stereocenters. The van der Waals surface area contributed by atoms with Crippen molar-refractivity contribution in [3.05, 3.63) is 0 Å². The van der Waals surface area contributed by atoms with Crippen molar-refractivity contribution in [3.8, 4) is 0 Å². The lowest BCUT2D eigenvalue weighted by atomic mass is 9.78. The Morgan fingerprint density at radius 3 is 2.39 bits per heavy atom. The summed E-state index contributed by atoms with van der Waals surface area (Å²) in [5.74, 6) is 0. The van der Waals surface area contributed by atoms with Crippen molar-refractivity contribution >= 4 is 0 Å². The van der Waals surface area contributed by atoms with Crippen LogP contribution in [0, 0.1) is 5.41 Å². The average molecular weight is 256 g/mol. The van der Waals surface area contributed by atoms with E-state index >= 15 is 0 Å². The first-order valence-corrected chi connectivity index (χ1v) is 7.53. The van der Waals surface area contributed by atoms with Crippen molar-refractivity contribution in [2.24, 2.45) is 11.1 Å². The van der Waals surface area contributed by atoms with Crippen LogP contribution in [0.4, 0.5) is 0 Å². The molecule has 3 nitrogen and oxygen atoms in total. The maximum absolute atomic E-state index is 9.09. The molecular formula is C15H32N2O. The summed E-state index contributed by atoms with van der Waals surface area (Å²) in [6, 6.07) is 0. The number of aliphatic hydroxyl groups excluding tert-OH is 1. The van der Waals surface area contributed by atoms with Crippen LogP contribution in [0.3, 0.4) is 0 Å². The van der Waals surface area contributed by atoms with Crippen molar-refractivity contribution < 1.29 is 5.11 Å². The van der Waals surface area contributed by atoms with Gasteiger partial charge < -0.3 is 15.7 Å². The third-order valence-corrected chi connectivity index (χ3v) is 4.75. The van der Waals surface area contributed by atoms with E-state index in [2.05, 4.69) is 18.7 Å². The van der Waals surface area contributed by atoms with Crippen LogP contribution in [0.1, 0.15) is 59.3 Å². The highest BCUT2D eigenvalue weighted by atomic mass is 16.3. The fourth-order valence-electron chi connectivity index (χ4n) is 2.61. The molecule has 0 aromatic heterocycles. The number of hydrogen-bond donors (Lipinski definition) is 2. The Balaban J connectivity index is 2.12. The van der Waals surface area contributed by atoms with Crippen LogP contribution in [0.15, 0.2) is 0 Å². The summed E-state index contributed by atoms with van der Waals surface area (Å²) < 4.78 is 0. The predicted octanol–water partition coefficient (Wildman–Crippen LogP) is 2.38. The van der Waals surface area contributed by atoms with Crippen LogP contribution in [0.5, 0.6) is 0 Å². The second-order valence-electron chi connectivity index (χ2n) is 6.78. The van der Waals surface area contributed by atoms with Gasteiger partial charge in [-0.15, -0.1) is 0 Å². The Hall–Kier alpha value is -0.120. The molecule has 0 saturated carbocycles. The van der Waals surface area contributed by atoms with Crippen molar-refractivity contribution in [1.82, 2.24) is 4.90 Å². The van der Waals surface area contributed by atoms with Crippen LogP contribution in [-0.4, -0.2) is 41.8 Å². The second-order valence-corrected chi connectivity index (χ2v) is 6.78. The van der Waals surface area contributed by atoms with Crippen molar-refractivity contribution in [1.29, 1.82) is 0 Å². The monoisotopic (exact) mass is 256 g/mol. The SMILES string of the molecule is CCC1(C)CCN(CCCCC(C)(N)CO)CC1. The first-order valence-electron chi connectivity index (χ1n) is 7.53. The zero-order valence-corrected chi connectivity index (χ0v) is 12.5. The Morgan fingerprint density at radius 2 is 1.89 bits per heavy atom. The van der Waals surface area contributed by atoms with Crippen molar-refractivity contribution in [3.63, 3.8) is 0 Å². The highest BCUT2D eigenvalue weighted by molar-refractivity contribution is 4.81. The molecule has 0 aromatic carbocycles. The minimum Gasteiger partial charge on any atom is -0.394 e. The second kappa shape index (κ2) is 6.88. The molecule has 0 bridgehead atoms. The molecule has 18 heavy (non-hydrogen) atoms. The maximum atomic E-state index is 9.09.